The average molecular weight is 396 g/mol. The predicted octanol–water partition coefficient (Wildman–Crippen LogP) is 3.09. The van der Waals surface area contributed by atoms with Crippen LogP contribution in [-0.4, -0.2) is 52.0 Å². The summed E-state index contributed by atoms with van der Waals surface area (Å²) < 4.78 is 1.89. The Kier molecular flexibility index (Phi) is 6.84. The number of benzene rings is 2. The molecule has 1 unspecified atom stereocenters. The van der Waals surface area contributed by atoms with Gasteiger partial charge in [0.2, 0.25) is 5.91 Å². The van der Waals surface area contributed by atoms with Crippen molar-refractivity contribution >= 4 is 17.7 Å². The summed E-state index contributed by atoms with van der Waals surface area (Å²) in [4.78, 5) is 14.5. The van der Waals surface area contributed by atoms with Gasteiger partial charge in [-0.3, -0.25) is 9.36 Å². The zero-order chi connectivity index (χ0) is 19.9. The Bertz CT molecular complexity index is 893. The standard InChI is InChI=1S/C21H25N5OS/c1-16-9-11-18(12-10-16)26-15-23-24-21(26)28-14-20(27)22-13-19(25(2)3)17-7-5-4-6-8-17/h4-12,15,19H,13-14H2,1-3H3,(H,22,27). The molecule has 0 spiro atoms. The number of aromatic nitrogens is 3. The second-order valence-electron chi connectivity index (χ2n) is 6.80. The number of hydrogen-bond acceptors (Lipinski definition) is 5. The third-order valence-corrected chi connectivity index (χ3v) is 5.40. The van der Waals surface area contributed by atoms with Crippen molar-refractivity contribution in [3.8, 4) is 5.69 Å². The van der Waals surface area contributed by atoms with Crippen LogP contribution < -0.4 is 5.32 Å². The Morgan fingerprint density at radius 3 is 2.54 bits per heavy atom. The van der Waals surface area contributed by atoms with E-state index in [1.54, 1.807) is 6.33 Å². The Hall–Kier alpha value is -2.64. The van der Waals surface area contributed by atoms with Gasteiger partial charge < -0.3 is 10.2 Å². The van der Waals surface area contributed by atoms with Gasteiger partial charge in [0, 0.05) is 12.2 Å². The van der Waals surface area contributed by atoms with Gasteiger partial charge in [0.15, 0.2) is 5.16 Å². The normalized spacial score (nSPS) is 12.1. The van der Waals surface area contributed by atoms with E-state index in [9.17, 15) is 4.79 Å². The zero-order valence-corrected chi connectivity index (χ0v) is 17.2. The van der Waals surface area contributed by atoms with Crippen molar-refractivity contribution in [3.05, 3.63) is 72.1 Å². The van der Waals surface area contributed by atoms with Crippen LogP contribution in [0.15, 0.2) is 66.1 Å². The van der Waals surface area contributed by atoms with E-state index in [1.807, 2.05) is 68.1 Å². The van der Waals surface area contributed by atoms with Gasteiger partial charge in [-0.15, -0.1) is 10.2 Å². The molecule has 2 aromatic carbocycles. The van der Waals surface area contributed by atoms with Crippen LogP contribution in [0, 0.1) is 6.92 Å². The highest BCUT2D eigenvalue weighted by Crippen LogP contribution is 2.20. The largest absolute Gasteiger partial charge is 0.353 e. The van der Waals surface area contributed by atoms with Crippen LogP contribution in [-0.2, 0) is 4.79 Å². The predicted molar refractivity (Wildman–Crippen MR) is 113 cm³/mol. The third kappa shape index (κ3) is 5.21. The Labute approximate surface area is 170 Å². The molecule has 0 fully saturated rings. The van der Waals surface area contributed by atoms with E-state index in [1.165, 1.54) is 22.9 Å². The molecule has 1 aromatic heterocycles. The second-order valence-corrected chi connectivity index (χ2v) is 7.74. The molecule has 1 amide bonds. The molecule has 0 saturated heterocycles. The number of aryl methyl sites for hydroxylation is 1. The minimum absolute atomic E-state index is 0.0220. The van der Waals surface area contributed by atoms with Crippen LogP contribution in [0.5, 0.6) is 0 Å². The van der Waals surface area contributed by atoms with Gasteiger partial charge in [-0.2, -0.15) is 0 Å². The van der Waals surface area contributed by atoms with E-state index in [2.05, 4.69) is 32.5 Å². The van der Waals surface area contributed by atoms with Crippen molar-refractivity contribution in [1.29, 1.82) is 0 Å². The lowest BCUT2D eigenvalue weighted by Gasteiger charge is -2.25. The van der Waals surface area contributed by atoms with Crippen LogP contribution in [0.25, 0.3) is 5.69 Å². The zero-order valence-electron chi connectivity index (χ0n) is 16.4. The molecule has 1 atom stereocenters. The molecular weight excluding hydrogens is 370 g/mol. The molecule has 1 N–H and O–H groups in total. The monoisotopic (exact) mass is 395 g/mol. The molecule has 1 heterocycles. The molecule has 6 nitrogen and oxygen atoms in total. The van der Waals surface area contributed by atoms with Crippen LogP contribution in [0.4, 0.5) is 0 Å². The quantitative estimate of drug-likeness (QED) is 0.594. The van der Waals surface area contributed by atoms with Crippen molar-refractivity contribution in [2.45, 2.75) is 18.1 Å². The Morgan fingerprint density at radius 1 is 1.14 bits per heavy atom. The van der Waals surface area contributed by atoms with Gasteiger partial charge in [-0.05, 0) is 38.7 Å². The van der Waals surface area contributed by atoms with Crippen molar-refractivity contribution < 1.29 is 4.79 Å². The first-order valence-electron chi connectivity index (χ1n) is 9.12. The molecule has 3 rings (SSSR count). The van der Waals surface area contributed by atoms with Gasteiger partial charge >= 0.3 is 0 Å². The van der Waals surface area contributed by atoms with E-state index < -0.39 is 0 Å². The minimum atomic E-state index is -0.0220. The van der Waals surface area contributed by atoms with Gasteiger partial charge in [0.25, 0.3) is 0 Å². The number of nitrogens with one attached hydrogen (secondary N) is 1. The smallest absolute Gasteiger partial charge is 0.230 e. The second kappa shape index (κ2) is 9.52. The number of nitrogens with zero attached hydrogens (tertiary/aromatic N) is 4. The molecule has 7 heteroatoms. The SMILES string of the molecule is Cc1ccc(-n2cnnc2SCC(=O)NCC(c2ccccc2)N(C)C)cc1. The highest BCUT2D eigenvalue weighted by molar-refractivity contribution is 7.99. The third-order valence-electron chi connectivity index (χ3n) is 4.46. The molecule has 0 radical (unpaired) electrons. The van der Waals surface area contributed by atoms with Crippen molar-refractivity contribution in [2.75, 3.05) is 26.4 Å². The number of likely N-dealkylation sites (N-methyl/N-ethyl adjacent to an activating group) is 1. The van der Waals surface area contributed by atoms with Crippen molar-refractivity contribution in [2.24, 2.45) is 0 Å². The summed E-state index contributed by atoms with van der Waals surface area (Å²) in [5, 5.41) is 11.9. The fraction of sp³-hybridized carbons (Fsp3) is 0.286. The summed E-state index contributed by atoms with van der Waals surface area (Å²) in [6.07, 6.45) is 1.67. The molecule has 0 bridgehead atoms. The number of carbonyl (C=O) groups excluding carboxylic acids is 1. The topological polar surface area (TPSA) is 63.1 Å². The number of hydrogen-bond donors (Lipinski definition) is 1. The van der Waals surface area contributed by atoms with E-state index in [0.29, 0.717) is 17.5 Å². The lowest BCUT2D eigenvalue weighted by atomic mass is 10.1. The Morgan fingerprint density at radius 2 is 1.86 bits per heavy atom. The molecule has 0 aliphatic heterocycles. The first-order valence-corrected chi connectivity index (χ1v) is 10.1. The van der Waals surface area contributed by atoms with Crippen LogP contribution in [0.2, 0.25) is 0 Å². The first kappa shape index (κ1) is 20.1. The molecule has 3 aromatic rings. The lowest BCUT2D eigenvalue weighted by Crippen LogP contribution is -2.35. The maximum absolute atomic E-state index is 12.4. The average Bonchev–Trinajstić information content (AvgIpc) is 3.16. The van der Waals surface area contributed by atoms with Crippen molar-refractivity contribution in [1.82, 2.24) is 25.0 Å². The molecule has 0 aliphatic carbocycles. The number of carbonyl (C=O) groups is 1. The number of rotatable bonds is 8. The van der Waals surface area contributed by atoms with E-state index in [4.69, 9.17) is 0 Å². The van der Waals surface area contributed by atoms with Gasteiger partial charge in [0.05, 0.1) is 11.8 Å². The summed E-state index contributed by atoms with van der Waals surface area (Å²) in [6.45, 7) is 2.60. The maximum Gasteiger partial charge on any atom is 0.230 e. The minimum Gasteiger partial charge on any atom is -0.353 e. The summed E-state index contributed by atoms with van der Waals surface area (Å²) in [5.41, 5.74) is 3.36. The highest BCUT2D eigenvalue weighted by Gasteiger charge is 2.16. The number of thioether (sulfide) groups is 1. The van der Waals surface area contributed by atoms with Crippen molar-refractivity contribution in [3.63, 3.8) is 0 Å². The Balaban J connectivity index is 1.56. The van der Waals surface area contributed by atoms with E-state index in [-0.39, 0.29) is 11.9 Å². The molecule has 146 valence electrons. The summed E-state index contributed by atoms with van der Waals surface area (Å²) in [6, 6.07) is 18.4. The molecule has 0 aliphatic rings. The van der Waals surface area contributed by atoms with E-state index >= 15 is 0 Å². The number of amides is 1. The highest BCUT2D eigenvalue weighted by atomic mass is 32.2. The molecule has 28 heavy (non-hydrogen) atoms. The summed E-state index contributed by atoms with van der Waals surface area (Å²) in [5.74, 6) is 0.269. The van der Waals surface area contributed by atoms with Gasteiger partial charge in [-0.1, -0.05) is 59.8 Å². The van der Waals surface area contributed by atoms with Crippen LogP contribution in [0.3, 0.4) is 0 Å². The fourth-order valence-electron chi connectivity index (χ4n) is 2.87. The van der Waals surface area contributed by atoms with Crippen LogP contribution in [0.1, 0.15) is 17.2 Å². The molecular formula is C21H25N5OS. The first-order chi connectivity index (χ1) is 13.5. The maximum atomic E-state index is 12.4. The summed E-state index contributed by atoms with van der Waals surface area (Å²) >= 11 is 1.38. The fourth-order valence-corrected chi connectivity index (χ4v) is 3.63. The van der Waals surface area contributed by atoms with Gasteiger partial charge in [0.1, 0.15) is 6.33 Å². The molecule has 0 saturated carbocycles. The summed E-state index contributed by atoms with van der Waals surface area (Å²) in [7, 11) is 4.03. The van der Waals surface area contributed by atoms with Crippen LogP contribution >= 0.6 is 11.8 Å². The lowest BCUT2D eigenvalue weighted by molar-refractivity contribution is -0.118. The van der Waals surface area contributed by atoms with E-state index in [0.717, 1.165) is 5.69 Å². The van der Waals surface area contributed by atoms with Gasteiger partial charge in [-0.25, -0.2) is 0 Å².